The molecule has 1 aromatic heterocycles. The van der Waals surface area contributed by atoms with Crippen molar-refractivity contribution in [2.75, 3.05) is 45.1 Å². The molecule has 2 heterocycles. The lowest BCUT2D eigenvalue weighted by atomic mass is 10.1. The van der Waals surface area contributed by atoms with Crippen molar-refractivity contribution in [2.45, 2.75) is 52.6 Å². The Kier molecular flexibility index (Phi) is 12.5. The van der Waals surface area contributed by atoms with E-state index in [0.29, 0.717) is 18.8 Å². The lowest BCUT2D eigenvalue weighted by Gasteiger charge is -2.21. The molecule has 0 spiro atoms. The third-order valence-electron chi connectivity index (χ3n) is 8.01. The highest BCUT2D eigenvalue weighted by molar-refractivity contribution is 6.31. The molecule has 8 heteroatoms. The highest BCUT2D eigenvalue weighted by Crippen LogP contribution is 2.26. The van der Waals surface area contributed by atoms with Gasteiger partial charge in [0.2, 0.25) is 0 Å². The van der Waals surface area contributed by atoms with E-state index in [4.69, 9.17) is 23.2 Å². The molecule has 42 heavy (non-hydrogen) atoms. The van der Waals surface area contributed by atoms with Crippen LogP contribution in [0.3, 0.4) is 0 Å². The number of hydrogen-bond acceptors (Lipinski definition) is 3. The second-order valence-corrected chi connectivity index (χ2v) is 11.7. The van der Waals surface area contributed by atoms with Crippen molar-refractivity contribution >= 4 is 40.0 Å². The summed E-state index contributed by atoms with van der Waals surface area (Å²) in [6, 6.07) is 12.1. The number of rotatable bonds is 13. The van der Waals surface area contributed by atoms with Crippen LogP contribution in [0, 0.1) is 6.92 Å². The van der Waals surface area contributed by atoms with E-state index in [2.05, 4.69) is 38.7 Å². The Bertz CT molecular complexity index is 1400. The van der Waals surface area contributed by atoms with Crippen molar-refractivity contribution in [1.29, 1.82) is 0 Å². The Morgan fingerprint density at radius 3 is 2.60 bits per heavy atom. The first kappa shape index (κ1) is 32.3. The summed E-state index contributed by atoms with van der Waals surface area (Å²) in [5.41, 5.74) is 5.16. The van der Waals surface area contributed by atoms with Crippen LogP contribution in [0.25, 0.3) is 10.9 Å². The van der Waals surface area contributed by atoms with Gasteiger partial charge in [0.25, 0.3) is 5.91 Å². The van der Waals surface area contributed by atoms with E-state index < -0.39 is 0 Å². The van der Waals surface area contributed by atoms with Crippen LogP contribution in [-0.2, 0) is 19.5 Å². The van der Waals surface area contributed by atoms with Gasteiger partial charge in [-0.1, -0.05) is 61.0 Å². The average Bonchev–Trinajstić information content (AvgIpc) is 3.21. The van der Waals surface area contributed by atoms with Crippen molar-refractivity contribution in [3.05, 3.63) is 93.9 Å². The minimum absolute atomic E-state index is 0.0615. The number of amides is 1. The molecule has 5 nitrogen and oxygen atoms in total. The number of carbonyl (C=O) groups is 1. The van der Waals surface area contributed by atoms with Crippen LogP contribution in [0.2, 0.25) is 5.02 Å². The fourth-order valence-electron chi connectivity index (χ4n) is 5.68. The topological polar surface area (TPSA) is 40.5 Å². The van der Waals surface area contributed by atoms with Gasteiger partial charge in [0.1, 0.15) is 5.83 Å². The van der Waals surface area contributed by atoms with E-state index >= 15 is 0 Å². The second kappa shape index (κ2) is 16.3. The number of allylic oxidation sites excluding steroid dienone is 3. The first-order valence-electron chi connectivity index (χ1n) is 15.1. The number of halogens is 3. The van der Waals surface area contributed by atoms with E-state index in [-0.39, 0.29) is 11.7 Å². The Balaban J connectivity index is 1.34. The summed E-state index contributed by atoms with van der Waals surface area (Å²) in [5, 5.41) is 4.84. The third-order valence-corrected chi connectivity index (χ3v) is 8.61. The number of benzene rings is 2. The van der Waals surface area contributed by atoms with Gasteiger partial charge < -0.3 is 19.7 Å². The number of carbonyl (C=O) groups excluding carboxylic acids is 1. The smallest absolute Gasteiger partial charge is 0.253 e. The molecule has 4 rings (SSSR count). The normalized spacial score (nSPS) is 15.5. The van der Waals surface area contributed by atoms with E-state index in [1.807, 2.05) is 37.4 Å². The van der Waals surface area contributed by atoms with Crippen LogP contribution < -0.4 is 5.32 Å². The number of aromatic nitrogens is 1. The molecule has 0 unspecified atom stereocenters. The Morgan fingerprint density at radius 2 is 1.86 bits per heavy atom. The minimum atomic E-state index is -0.101. The van der Waals surface area contributed by atoms with Crippen LogP contribution in [0.15, 0.2) is 66.6 Å². The van der Waals surface area contributed by atoms with Crippen LogP contribution in [0.4, 0.5) is 4.39 Å². The third kappa shape index (κ3) is 8.93. The van der Waals surface area contributed by atoms with Crippen LogP contribution in [-0.4, -0.2) is 65.4 Å². The van der Waals surface area contributed by atoms with Crippen molar-refractivity contribution in [1.82, 2.24) is 19.7 Å². The Hall–Kier alpha value is -2.64. The summed E-state index contributed by atoms with van der Waals surface area (Å²) in [5.74, 6) is 0.234. The van der Waals surface area contributed by atoms with E-state index in [0.717, 1.165) is 97.7 Å². The first-order chi connectivity index (χ1) is 20.4. The van der Waals surface area contributed by atoms with Gasteiger partial charge >= 0.3 is 0 Å². The quantitative estimate of drug-likeness (QED) is 0.160. The van der Waals surface area contributed by atoms with Crippen molar-refractivity contribution in [2.24, 2.45) is 0 Å². The molecule has 1 N–H and O–H groups in total. The van der Waals surface area contributed by atoms with Crippen molar-refractivity contribution < 1.29 is 9.18 Å². The molecule has 2 aromatic carbocycles. The summed E-state index contributed by atoms with van der Waals surface area (Å²) in [6.07, 6.45) is 10.4. The summed E-state index contributed by atoms with van der Waals surface area (Å²) < 4.78 is 16.3. The van der Waals surface area contributed by atoms with Crippen LogP contribution >= 0.6 is 23.2 Å². The lowest BCUT2D eigenvalue weighted by Crippen LogP contribution is -2.32. The number of fused-ring (bicyclic) bond motifs is 1. The lowest BCUT2D eigenvalue weighted by molar-refractivity contribution is 0.0952. The van der Waals surface area contributed by atoms with Gasteiger partial charge in [-0.05, 0) is 74.7 Å². The molecule has 3 aromatic rings. The molecule has 1 amide bonds. The SMILES string of the molecule is CCc1cccc2c(C(=O)NCc3ccc(Cl)c(C)c3)cn(CCCN3CCCN(CC/C(F)=C\C=C/CCl)CC3)c12. The number of aryl methyl sites for hydroxylation is 3. The van der Waals surface area contributed by atoms with Crippen LogP contribution in [0.5, 0.6) is 0 Å². The molecule has 0 atom stereocenters. The molecular formula is C34H43Cl2FN4O. The largest absolute Gasteiger partial charge is 0.348 e. The standard InChI is InChI=1S/C34H43Cl2FN4O/c1-3-28-9-6-11-30-31(34(42)38-24-27-12-13-32(36)26(2)23-27)25-41(33(28)30)19-8-18-39-16-7-17-40(22-21-39)20-14-29(37)10-4-5-15-35/h4-6,9-13,23,25H,3,7-8,14-22,24H2,1-2H3,(H,38,42)/b5-4-,29-10+. The number of para-hydroxylation sites is 1. The molecule has 1 saturated heterocycles. The summed E-state index contributed by atoms with van der Waals surface area (Å²) >= 11 is 11.8. The number of alkyl halides is 1. The molecule has 0 aliphatic carbocycles. The zero-order valence-corrected chi connectivity index (χ0v) is 26.4. The molecule has 0 radical (unpaired) electrons. The van der Waals surface area contributed by atoms with Gasteiger partial charge in [0.15, 0.2) is 0 Å². The van der Waals surface area contributed by atoms with Crippen LogP contribution in [0.1, 0.15) is 53.2 Å². The van der Waals surface area contributed by atoms with E-state index in [1.165, 1.54) is 11.6 Å². The number of nitrogens with zero attached hydrogens (tertiary/aromatic N) is 3. The summed E-state index contributed by atoms with van der Waals surface area (Å²) in [6.45, 7) is 11.2. The molecular weight excluding hydrogens is 570 g/mol. The Morgan fingerprint density at radius 1 is 1.07 bits per heavy atom. The fourth-order valence-corrected chi connectivity index (χ4v) is 5.90. The van der Waals surface area contributed by atoms with E-state index in [9.17, 15) is 9.18 Å². The predicted octanol–water partition coefficient (Wildman–Crippen LogP) is 7.53. The highest BCUT2D eigenvalue weighted by Gasteiger charge is 2.18. The molecule has 0 bridgehead atoms. The van der Waals surface area contributed by atoms with Crippen molar-refractivity contribution in [3.8, 4) is 0 Å². The first-order valence-corrected chi connectivity index (χ1v) is 16.0. The maximum atomic E-state index is 14.1. The maximum Gasteiger partial charge on any atom is 0.253 e. The molecule has 0 saturated carbocycles. The number of nitrogens with one attached hydrogen (secondary N) is 1. The van der Waals surface area contributed by atoms with Gasteiger partial charge in [-0.2, -0.15) is 0 Å². The summed E-state index contributed by atoms with van der Waals surface area (Å²) in [7, 11) is 0. The minimum Gasteiger partial charge on any atom is -0.348 e. The van der Waals surface area contributed by atoms with Gasteiger partial charge in [-0.15, -0.1) is 11.6 Å². The maximum absolute atomic E-state index is 14.1. The van der Waals surface area contributed by atoms with Crippen molar-refractivity contribution in [3.63, 3.8) is 0 Å². The zero-order chi connectivity index (χ0) is 29.9. The number of hydrogen-bond donors (Lipinski definition) is 1. The molecule has 1 aliphatic rings. The van der Waals surface area contributed by atoms with Gasteiger partial charge in [-0.3, -0.25) is 4.79 Å². The monoisotopic (exact) mass is 612 g/mol. The molecule has 226 valence electrons. The van der Waals surface area contributed by atoms with E-state index in [1.54, 1.807) is 12.2 Å². The second-order valence-electron chi connectivity index (χ2n) is 11.0. The molecule has 1 aliphatic heterocycles. The predicted molar refractivity (Wildman–Crippen MR) is 174 cm³/mol. The summed E-state index contributed by atoms with van der Waals surface area (Å²) in [4.78, 5) is 18.2. The average molecular weight is 614 g/mol. The zero-order valence-electron chi connectivity index (χ0n) is 24.8. The fraction of sp³-hybridized carbons (Fsp3) is 0.441. The highest BCUT2D eigenvalue weighted by atomic mass is 35.5. The van der Waals surface area contributed by atoms with Gasteiger partial charge in [0, 0.05) is 61.6 Å². The van der Waals surface area contributed by atoms with Gasteiger partial charge in [0.05, 0.1) is 11.1 Å². The Labute approximate surface area is 260 Å². The molecule has 1 fully saturated rings. The van der Waals surface area contributed by atoms with Gasteiger partial charge in [-0.25, -0.2) is 4.39 Å².